The second-order valence-corrected chi connectivity index (χ2v) is 3.39. The average Bonchev–Trinajstić information content (AvgIpc) is 2.16. The summed E-state index contributed by atoms with van der Waals surface area (Å²) < 4.78 is 41.3. The quantitative estimate of drug-likeness (QED) is 0.748. The number of alkyl halides is 3. The van der Waals surface area contributed by atoms with Crippen molar-refractivity contribution in [1.29, 1.82) is 0 Å². The fourth-order valence-corrected chi connectivity index (χ4v) is 1.06. The van der Waals surface area contributed by atoms with Crippen molar-refractivity contribution < 1.29 is 22.7 Å². The number of hydrogen-bond acceptors (Lipinski definition) is 2. The van der Waals surface area contributed by atoms with Crippen molar-refractivity contribution in [2.45, 2.75) is 26.1 Å². The van der Waals surface area contributed by atoms with Gasteiger partial charge in [-0.2, -0.15) is 13.2 Å². The summed E-state index contributed by atoms with van der Waals surface area (Å²) in [5.74, 6) is -0.178. The lowest BCUT2D eigenvalue weighted by atomic mass is 10.1. The molecule has 0 spiro atoms. The first-order chi connectivity index (χ1) is 7.30. The lowest BCUT2D eigenvalue weighted by Gasteiger charge is -2.17. The minimum atomic E-state index is -4.41. The molecule has 0 heterocycles. The number of carbonyl (C=O) groups excluding carboxylic acids is 1. The molecule has 0 bridgehead atoms. The predicted molar refractivity (Wildman–Crippen MR) is 52.6 cm³/mol. The van der Waals surface area contributed by atoms with Gasteiger partial charge in [0.15, 0.2) is 11.9 Å². The highest BCUT2D eigenvalue weighted by Gasteiger charge is 2.38. The molecule has 0 saturated carbocycles. The van der Waals surface area contributed by atoms with Crippen LogP contribution in [0, 0.1) is 0 Å². The van der Waals surface area contributed by atoms with E-state index < -0.39 is 12.3 Å². The summed E-state index contributed by atoms with van der Waals surface area (Å²) >= 11 is 0. The van der Waals surface area contributed by atoms with Crippen LogP contribution in [0.3, 0.4) is 0 Å². The van der Waals surface area contributed by atoms with Crippen molar-refractivity contribution in [1.82, 2.24) is 0 Å². The Bertz CT molecular complexity index is 385. The zero-order valence-electron chi connectivity index (χ0n) is 8.84. The lowest BCUT2D eigenvalue weighted by molar-refractivity contribution is -0.189. The Labute approximate surface area is 91.0 Å². The number of benzene rings is 1. The van der Waals surface area contributed by atoms with Gasteiger partial charge in [0.2, 0.25) is 0 Å². The van der Waals surface area contributed by atoms with Crippen LogP contribution in [-0.4, -0.2) is 18.1 Å². The number of ketones is 1. The molecule has 1 unspecified atom stereocenters. The van der Waals surface area contributed by atoms with Gasteiger partial charge in [-0.1, -0.05) is 12.1 Å². The largest absolute Gasteiger partial charge is 0.481 e. The van der Waals surface area contributed by atoms with Crippen molar-refractivity contribution in [3.05, 3.63) is 29.8 Å². The van der Waals surface area contributed by atoms with E-state index in [1.54, 1.807) is 0 Å². The van der Waals surface area contributed by atoms with Crippen LogP contribution in [0.25, 0.3) is 0 Å². The smallest absolute Gasteiger partial charge is 0.425 e. The summed E-state index contributed by atoms with van der Waals surface area (Å²) in [5, 5.41) is 0. The molecule has 16 heavy (non-hydrogen) atoms. The second kappa shape index (κ2) is 4.55. The molecule has 0 aliphatic heterocycles. The molecule has 0 saturated heterocycles. The van der Waals surface area contributed by atoms with Crippen molar-refractivity contribution in [3.8, 4) is 5.75 Å². The molecule has 0 aromatic heterocycles. The van der Waals surface area contributed by atoms with Gasteiger partial charge in [-0.05, 0) is 26.0 Å². The Morgan fingerprint density at radius 2 is 2.00 bits per heavy atom. The Morgan fingerprint density at radius 1 is 1.38 bits per heavy atom. The molecule has 0 aliphatic rings. The molecular formula is C11H11F3O2. The van der Waals surface area contributed by atoms with Crippen molar-refractivity contribution in [2.24, 2.45) is 0 Å². The zero-order chi connectivity index (χ0) is 12.3. The average molecular weight is 232 g/mol. The monoisotopic (exact) mass is 232 g/mol. The van der Waals surface area contributed by atoms with Gasteiger partial charge in [-0.15, -0.1) is 0 Å². The molecule has 1 rings (SSSR count). The van der Waals surface area contributed by atoms with Crippen molar-refractivity contribution in [3.63, 3.8) is 0 Å². The number of rotatable bonds is 3. The van der Waals surface area contributed by atoms with E-state index >= 15 is 0 Å². The van der Waals surface area contributed by atoms with Crippen LogP contribution in [0.2, 0.25) is 0 Å². The third-order valence-corrected chi connectivity index (χ3v) is 2.01. The third kappa shape index (κ3) is 3.25. The number of hydrogen-bond donors (Lipinski definition) is 0. The predicted octanol–water partition coefficient (Wildman–Crippen LogP) is 3.22. The third-order valence-electron chi connectivity index (χ3n) is 2.01. The Hall–Kier alpha value is -1.52. The SMILES string of the molecule is CC(=O)c1cccc(OC(C)C(F)(F)F)c1. The summed E-state index contributed by atoms with van der Waals surface area (Å²) in [6.45, 7) is 2.26. The fourth-order valence-electron chi connectivity index (χ4n) is 1.06. The van der Waals surface area contributed by atoms with E-state index in [4.69, 9.17) is 4.74 Å². The molecule has 5 heteroatoms. The van der Waals surface area contributed by atoms with Crippen LogP contribution in [0.1, 0.15) is 24.2 Å². The molecule has 2 nitrogen and oxygen atoms in total. The summed E-state index contributed by atoms with van der Waals surface area (Å²) in [6.07, 6.45) is -6.30. The summed E-state index contributed by atoms with van der Waals surface area (Å²) in [7, 11) is 0. The minimum absolute atomic E-state index is 0.0394. The standard InChI is InChI=1S/C11H11F3O2/c1-7(15)9-4-3-5-10(6-9)16-8(2)11(12,13)14/h3-6,8H,1-2H3. The van der Waals surface area contributed by atoms with Gasteiger partial charge >= 0.3 is 6.18 Å². The van der Waals surface area contributed by atoms with Gasteiger partial charge < -0.3 is 4.74 Å². The fraction of sp³-hybridized carbons (Fsp3) is 0.364. The van der Waals surface area contributed by atoms with Crippen LogP contribution in [-0.2, 0) is 0 Å². The van der Waals surface area contributed by atoms with Gasteiger partial charge in [0.25, 0.3) is 0 Å². The number of ether oxygens (including phenoxy) is 1. The number of halogens is 3. The number of Topliss-reactive ketones (excluding diaryl/α,β-unsaturated/α-hetero) is 1. The molecule has 0 fully saturated rings. The maximum atomic E-state index is 12.2. The molecule has 1 aromatic rings. The minimum Gasteiger partial charge on any atom is -0.481 e. The van der Waals surface area contributed by atoms with E-state index in [9.17, 15) is 18.0 Å². The van der Waals surface area contributed by atoms with Crippen LogP contribution in [0.5, 0.6) is 5.75 Å². The summed E-state index contributed by atoms with van der Waals surface area (Å²) in [6, 6.07) is 5.68. The van der Waals surface area contributed by atoms with Gasteiger partial charge in [-0.3, -0.25) is 4.79 Å². The first-order valence-corrected chi connectivity index (χ1v) is 4.65. The molecular weight excluding hydrogens is 221 g/mol. The topological polar surface area (TPSA) is 26.3 Å². The van der Waals surface area contributed by atoms with E-state index in [-0.39, 0.29) is 11.5 Å². The molecule has 0 N–H and O–H groups in total. The van der Waals surface area contributed by atoms with E-state index in [0.717, 1.165) is 6.92 Å². The Morgan fingerprint density at radius 3 is 2.50 bits per heavy atom. The lowest BCUT2D eigenvalue weighted by Crippen LogP contribution is -2.31. The van der Waals surface area contributed by atoms with E-state index in [1.807, 2.05) is 0 Å². The summed E-state index contributed by atoms with van der Waals surface area (Å²) in [4.78, 5) is 11.0. The van der Waals surface area contributed by atoms with Crippen molar-refractivity contribution in [2.75, 3.05) is 0 Å². The molecule has 0 amide bonds. The molecule has 88 valence electrons. The maximum Gasteiger partial charge on any atom is 0.425 e. The van der Waals surface area contributed by atoms with Crippen molar-refractivity contribution >= 4 is 5.78 Å². The zero-order valence-corrected chi connectivity index (χ0v) is 8.84. The maximum absolute atomic E-state index is 12.2. The first-order valence-electron chi connectivity index (χ1n) is 4.65. The van der Waals surface area contributed by atoms with Gasteiger partial charge in [-0.25, -0.2) is 0 Å². The number of carbonyl (C=O) groups is 1. The van der Waals surface area contributed by atoms with E-state index in [1.165, 1.54) is 31.2 Å². The highest BCUT2D eigenvalue weighted by atomic mass is 19.4. The Balaban J connectivity index is 2.82. The van der Waals surface area contributed by atoms with Gasteiger partial charge in [0.05, 0.1) is 0 Å². The molecule has 0 radical (unpaired) electrons. The van der Waals surface area contributed by atoms with Gasteiger partial charge in [0, 0.05) is 5.56 Å². The highest BCUT2D eigenvalue weighted by molar-refractivity contribution is 5.94. The van der Waals surface area contributed by atoms with Crippen LogP contribution < -0.4 is 4.74 Å². The normalized spacial score (nSPS) is 13.3. The van der Waals surface area contributed by atoms with Gasteiger partial charge in [0.1, 0.15) is 5.75 Å². The molecule has 1 aromatic carbocycles. The highest BCUT2D eigenvalue weighted by Crippen LogP contribution is 2.25. The van der Waals surface area contributed by atoms with Crippen LogP contribution in [0.15, 0.2) is 24.3 Å². The summed E-state index contributed by atoms with van der Waals surface area (Å²) in [5.41, 5.74) is 0.326. The van der Waals surface area contributed by atoms with E-state index in [2.05, 4.69) is 0 Å². The molecule has 1 atom stereocenters. The van der Waals surface area contributed by atoms with Crippen LogP contribution in [0.4, 0.5) is 13.2 Å². The second-order valence-electron chi connectivity index (χ2n) is 3.39. The Kier molecular flexibility index (Phi) is 3.57. The van der Waals surface area contributed by atoms with E-state index in [0.29, 0.717) is 5.56 Å². The molecule has 0 aliphatic carbocycles. The van der Waals surface area contributed by atoms with Crippen LogP contribution >= 0.6 is 0 Å². The first kappa shape index (κ1) is 12.5.